The molecule has 21 heteroatoms. The Morgan fingerprint density at radius 1 is 0.385 bits per heavy atom. The van der Waals surface area contributed by atoms with Crippen LogP contribution in [0.25, 0.3) is 89.7 Å². The number of halogens is 4. The van der Waals surface area contributed by atoms with Gasteiger partial charge in [-0.15, -0.1) is 0 Å². The van der Waals surface area contributed by atoms with E-state index in [2.05, 4.69) is 80.2 Å². The number of fused-ring (bicyclic) bond motifs is 20. The molecule has 7 aromatic rings. The Morgan fingerprint density at radius 3 is 0.857 bits per heavy atom. The molecule has 0 aliphatic carbocycles. The van der Waals surface area contributed by atoms with Gasteiger partial charge in [0.25, 0.3) is 0 Å². The summed E-state index contributed by atoms with van der Waals surface area (Å²) in [5, 5.41) is 3.82. The van der Waals surface area contributed by atoms with E-state index in [0.29, 0.717) is 45.9 Å². The first-order valence-electron chi connectivity index (χ1n) is 33.4. The number of H-pyrrole nitrogens is 2. The van der Waals surface area contributed by atoms with Crippen molar-refractivity contribution in [2.24, 2.45) is 23.7 Å². The van der Waals surface area contributed by atoms with Crippen LogP contribution in [0.4, 0.5) is 0 Å². The van der Waals surface area contributed by atoms with Crippen molar-refractivity contribution in [3.05, 3.63) is 97.1 Å². The Bertz CT molecular complexity index is 3320. The number of aromatic nitrogens is 8. The third-order valence-corrected chi connectivity index (χ3v) is 32.8. The minimum absolute atomic E-state index is 0. The lowest BCUT2D eigenvalue weighted by molar-refractivity contribution is -0.898. The molecule has 2 N–H and O–H groups in total. The van der Waals surface area contributed by atoms with E-state index in [-0.39, 0.29) is 59.6 Å². The maximum atomic E-state index is 7.63. The number of rotatable bonds is 16. The molecule has 492 valence electrons. The summed E-state index contributed by atoms with van der Waals surface area (Å²) >= 11 is 0. The minimum atomic E-state index is -1.99. The standard InChI is InChI=1S/C38H82N4O2Si3.C32H18N8.4ClH/c1-11-25-46(31-35-17-13-21-39(3,4)27-35,32-36-18-14-22-40(5,6)28-36)43-45-44-47(26-12-2,33-37-19-15-23-41(7,8)29-37)34-38-20-16-24-42(9,10)30-38;1-2-10-18-17(9-1)25-33-26(18)38-28-21-13-5-6-14-22(21)30(35-28)40-32-24-16-8-7-15-23(24)31(36-32)39-29-20-12-4-3-11-19(20)27(34-29)37-25;;;;/h35-38H,11-34H2,1-10H3;1-16H,(H2,33,34,35,36,37,38,39,40);4*1H/q+4;;;;;/p-4. The number of nitrogens with one attached hydrogen (secondary N) is 2. The average Bonchev–Trinajstić information content (AvgIpc) is 1.66. The van der Waals surface area contributed by atoms with Gasteiger partial charge in [-0.05, 0) is 87.6 Å². The second-order valence-corrected chi connectivity index (χ2v) is 39.3. The molecule has 4 unspecified atom stereocenters. The summed E-state index contributed by atoms with van der Waals surface area (Å²) in [6, 6.07) is 40.4. The highest BCUT2D eigenvalue weighted by molar-refractivity contribution is 6.80. The zero-order valence-corrected chi connectivity index (χ0v) is 61.8. The van der Waals surface area contributed by atoms with Crippen LogP contribution in [0, 0.1) is 23.7 Å². The zero-order chi connectivity index (χ0) is 60.6. The van der Waals surface area contributed by atoms with Gasteiger partial charge < -0.3 is 85.8 Å². The first-order valence-corrected chi connectivity index (χ1v) is 39.2. The third-order valence-electron chi connectivity index (χ3n) is 20.5. The van der Waals surface area contributed by atoms with Crippen LogP contribution >= 0.6 is 0 Å². The van der Waals surface area contributed by atoms with E-state index in [9.17, 15) is 0 Å². The van der Waals surface area contributed by atoms with Gasteiger partial charge in [0.2, 0.25) is 0 Å². The number of quaternary nitrogens is 4. The van der Waals surface area contributed by atoms with Crippen LogP contribution in [0.3, 0.4) is 0 Å². The largest absolute Gasteiger partial charge is 1.00 e. The van der Waals surface area contributed by atoms with E-state index in [0.717, 1.165) is 67.5 Å². The van der Waals surface area contributed by atoms with Gasteiger partial charge in [0.1, 0.15) is 22.6 Å². The Morgan fingerprint density at radius 2 is 0.626 bits per heavy atom. The molecule has 6 aliphatic heterocycles. The number of nitrogens with zero attached hydrogens (tertiary/aromatic N) is 10. The highest BCUT2D eigenvalue weighted by Gasteiger charge is 2.47. The van der Waals surface area contributed by atoms with Crippen molar-refractivity contribution in [3.8, 4) is 45.6 Å². The van der Waals surface area contributed by atoms with Crippen molar-refractivity contribution >= 4 is 70.8 Å². The SMILES string of the molecule is CCC[Si](CC1CCC[N+](C)(C)C1)(CC1CCC[N+](C)(C)C1)O[Si]O[Si](CCC)(CC1CCC[N+](C)(C)C1)CC1CCC[N+](C)(C)C1.[Cl-].[Cl-].[Cl-].[Cl-].c1ccc2c(c1)-c1nc-2nc2[nH]c(nc3nc(nc4[nH]c(n1)c1ccccc41)-c1ccccc1-3)c1ccccc21. The summed E-state index contributed by atoms with van der Waals surface area (Å²) in [4.78, 5) is 36.8. The van der Waals surface area contributed by atoms with Crippen molar-refractivity contribution < 1.29 is 75.8 Å². The molecule has 8 bridgehead atoms. The maximum absolute atomic E-state index is 7.63. The van der Waals surface area contributed by atoms with Gasteiger partial charge in [0, 0.05) is 67.5 Å². The van der Waals surface area contributed by atoms with Crippen LogP contribution in [0.5, 0.6) is 0 Å². The third kappa shape index (κ3) is 17.1. The van der Waals surface area contributed by atoms with Gasteiger partial charge in [0.15, 0.2) is 39.9 Å². The van der Waals surface area contributed by atoms with Crippen molar-refractivity contribution in [2.45, 2.75) is 114 Å². The van der Waals surface area contributed by atoms with Crippen LogP contribution in [0.15, 0.2) is 97.1 Å². The van der Waals surface area contributed by atoms with Crippen molar-refractivity contribution in [3.63, 3.8) is 0 Å². The number of piperidine rings is 4. The zero-order valence-electron chi connectivity index (χ0n) is 55.8. The molecule has 9 heterocycles. The number of benzene rings is 4. The van der Waals surface area contributed by atoms with E-state index >= 15 is 0 Å². The van der Waals surface area contributed by atoms with E-state index < -0.39 is 16.6 Å². The molecule has 0 amide bonds. The second-order valence-electron chi connectivity index (χ2n) is 30.2. The maximum Gasteiger partial charge on any atom is 0.410 e. The van der Waals surface area contributed by atoms with Crippen molar-refractivity contribution in [2.75, 3.05) is 109 Å². The van der Waals surface area contributed by atoms with Crippen molar-refractivity contribution in [1.29, 1.82) is 0 Å². The van der Waals surface area contributed by atoms with Gasteiger partial charge in [-0.1, -0.05) is 124 Å². The van der Waals surface area contributed by atoms with Crippen LogP contribution in [0.2, 0.25) is 36.3 Å². The molecule has 4 atom stereocenters. The summed E-state index contributed by atoms with van der Waals surface area (Å²) in [7, 11) is 16.1. The van der Waals surface area contributed by atoms with Crippen molar-refractivity contribution in [1.82, 2.24) is 39.9 Å². The highest BCUT2D eigenvalue weighted by atomic mass is 35.5. The van der Waals surface area contributed by atoms with Gasteiger partial charge in [-0.25, -0.2) is 29.9 Å². The van der Waals surface area contributed by atoms with Gasteiger partial charge in [-0.3, -0.25) is 0 Å². The normalized spacial score (nSPS) is 22.4. The molecule has 6 aliphatic rings. The fraction of sp³-hybridized carbons (Fsp3) is 0.543. The average molecular weight is 1370 g/mol. The van der Waals surface area contributed by atoms with E-state index in [1.165, 1.54) is 171 Å². The molecular weight excluding hydrogens is 1270 g/mol. The fourth-order valence-corrected chi connectivity index (χ4v) is 29.7. The molecular formula is C70H100Cl4N12O2Si3. The number of aromatic amines is 2. The summed E-state index contributed by atoms with van der Waals surface area (Å²) in [5.41, 5.74) is 6.45. The minimum Gasteiger partial charge on any atom is -1.00 e. The monoisotopic (exact) mass is 1360 g/mol. The molecule has 3 aromatic heterocycles. The molecule has 0 saturated carbocycles. The Hall–Kier alpha value is -4.19. The van der Waals surface area contributed by atoms with Gasteiger partial charge >= 0.3 is 10.0 Å². The van der Waals surface area contributed by atoms with Gasteiger partial charge in [-0.2, -0.15) is 0 Å². The fourth-order valence-electron chi connectivity index (χ4n) is 17.1. The first kappa shape index (κ1) is 72.6. The molecule has 2 radical (unpaired) electrons. The number of hydrogen-bond donors (Lipinski definition) is 2. The number of hydrogen-bond acceptors (Lipinski definition) is 8. The Balaban J connectivity index is 0.000000226. The van der Waals surface area contributed by atoms with Crippen LogP contribution in [-0.2, 0) is 8.23 Å². The molecule has 14 nitrogen and oxygen atoms in total. The molecule has 4 fully saturated rings. The summed E-state index contributed by atoms with van der Waals surface area (Å²) in [5.74, 6) is 5.70. The summed E-state index contributed by atoms with van der Waals surface area (Å²) in [6.07, 6.45) is 13.8. The predicted octanol–water partition coefficient (Wildman–Crippen LogP) is 2.10. The summed E-state index contributed by atoms with van der Waals surface area (Å²) < 4.78 is 20.1. The molecule has 91 heavy (non-hydrogen) atoms. The lowest BCUT2D eigenvalue weighted by Crippen LogP contribution is -3.00. The highest BCUT2D eigenvalue weighted by Crippen LogP contribution is 2.43. The Kier molecular flexibility index (Phi) is 24.2. The van der Waals surface area contributed by atoms with E-state index in [1.54, 1.807) is 0 Å². The van der Waals surface area contributed by atoms with Crippen LogP contribution < -0.4 is 49.6 Å². The topological polar surface area (TPSA) is 127 Å². The molecule has 4 saturated heterocycles. The lowest BCUT2D eigenvalue weighted by Gasteiger charge is -2.46. The van der Waals surface area contributed by atoms with Crippen LogP contribution in [0.1, 0.15) is 78.1 Å². The summed E-state index contributed by atoms with van der Waals surface area (Å²) in [6.45, 7) is 15.6. The lowest BCUT2D eigenvalue weighted by atomic mass is 9.98. The quantitative estimate of drug-likeness (QED) is 0.112. The van der Waals surface area contributed by atoms with E-state index in [1.807, 2.05) is 97.1 Å². The second kappa shape index (κ2) is 30.3. The number of likely N-dealkylation sites (tertiary alicyclic amines) is 4. The molecule has 4 aromatic carbocycles. The van der Waals surface area contributed by atoms with Crippen LogP contribution in [-0.4, -0.2) is 193 Å². The first-order chi connectivity index (χ1) is 41.8. The smallest absolute Gasteiger partial charge is 0.410 e. The molecule has 13 rings (SSSR count). The molecule has 0 spiro atoms. The predicted molar refractivity (Wildman–Crippen MR) is 363 cm³/mol. The van der Waals surface area contributed by atoms with Gasteiger partial charge in [0.05, 0.1) is 109 Å². The Labute approximate surface area is 571 Å². The van der Waals surface area contributed by atoms with E-state index in [4.69, 9.17) is 38.1 Å².